The van der Waals surface area contributed by atoms with E-state index in [9.17, 15) is 9.59 Å². The van der Waals surface area contributed by atoms with Gasteiger partial charge in [0.05, 0.1) is 18.5 Å². The molecule has 4 aromatic rings. The van der Waals surface area contributed by atoms with Crippen LogP contribution in [0, 0.1) is 12.3 Å². The van der Waals surface area contributed by atoms with Gasteiger partial charge in [0.15, 0.2) is 11.5 Å². The van der Waals surface area contributed by atoms with Crippen molar-refractivity contribution in [2.24, 2.45) is 0 Å². The highest BCUT2D eigenvalue weighted by Crippen LogP contribution is 2.25. The summed E-state index contributed by atoms with van der Waals surface area (Å²) >= 11 is 6.11. The fourth-order valence-corrected chi connectivity index (χ4v) is 3.22. The van der Waals surface area contributed by atoms with Gasteiger partial charge in [0.2, 0.25) is 5.91 Å². The van der Waals surface area contributed by atoms with Crippen LogP contribution in [-0.4, -0.2) is 28.1 Å². The van der Waals surface area contributed by atoms with Crippen LogP contribution < -0.4 is 10.6 Å². The summed E-state index contributed by atoms with van der Waals surface area (Å²) in [7, 11) is 0. The summed E-state index contributed by atoms with van der Waals surface area (Å²) in [6.45, 7) is -0.237. The monoisotopic (exact) mass is 444 g/mol. The van der Waals surface area contributed by atoms with E-state index in [0.717, 1.165) is 0 Å². The van der Waals surface area contributed by atoms with Crippen molar-refractivity contribution in [1.29, 1.82) is 0 Å². The molecule has 0 radical (unpaired) electrons. The molecular formula is C24H17ClN4O3. The fourth-order valence-electron chi connectivity index (χ4n) is 3.04. The Bertz CT molecular complexity index is 1320. The number of carbonyl (C=O) groups excluding carboxylic acids is 2. The zero-order chi connectivity index (χ0) is 22.5. The molecule has 2 heterocycles. The lowest BCUT2D eigenvalue weighted by Gasteiger charge is -2.07. The first kappa shape index (κ1) is 21.0. The highest BCUT2D eigenvalue weighted by molar-refractivity contribution is 6.30. The van der Waals surface area contributed by atoms with Crippen LogP contribution in [0.3, 0.4) is 0 Å². The molecule has 2 aromatic heterocycles. The summed E-state index contributed by atoms with van der Waals surface area (Å²) < 4.78 is 7.05. The number of nitrogens with one attached hydrogen (secondary N) is 2. The Kier molecular flexibility index (Phi) is 6.06. The molecule has 0 fully saturated rings. The standard InChI is InChI=1S/C24H17ClN4O3/c1-2-16-6-3-8-18(12-16)27-23(30)15-26-24(31)20-14-21(22-10-5-11-32-22)29(28-20)19-9-4-7-17(25)13-19/h1,3-14H,15H2,(H,26,31)(H,27,30). The number of anilines is 1. The van der Waals surface area contributed by atoms with Crippen molar-refractivity contribution in [3.8, 4) is 29.5 Å². The van der Waals surface area contributed by atoms with E-state index in [-0.39, 0.29) is 12.2 Å². The third-order valence-corrected chi connectivity index (χ3v) is 4.73. The first-order chi connectivity index (χ1) is 15.5. The second-order valence-electron chi connectivity index (χ2n) is 6.74. The summed E-state index contributed by atoms with van der Waals surface area (Å²) in [5.74, 6) is 2.13. The minimum absolute atomic E-state index is 0.124. The van der Waals surface area contributed by atoms with Gasteiger partial charge in [0.1, 0.15) is 5.69 Å². The van der Waals surface area contributed by atoms with Crippen LogP contribution in [0.2, 0.25) is 5.02 Å². The number of amides is 2. The van der Waals surface area contributed by atoms with Gasteiger partial charge in [-0.05, 0) is 48.5 Å². The molecule has 0 aliphatic heterocycles. The Morgan fingerprint density at radius 1 is 1.09 bits per heavy atom. The van der Waals surface area contributed by atoms with Crippen molar-refractivity contribution in [3.05, 3.63) is 89.3 Å². The highest BCUT2D eigenvalue weighted by atomic mass is 35.5. The Labute approximate surface area is 189 Å². The van der Waals surface area contributed by atoms with E-state index in [1.54, 1.807) is 65.3 Å². The normalized spacial score (nSPS) is 10.4. The maximum absolute atomic E-state index is 12.7. The molecule has 4 rings (SSSR count). The van der Waals surface area contributed by atoms with Crippen molar-refractivity contribution >= 4 is 29.1 Å². The number of aromatic nitrogens is 2. The van der Waals surface area contributed by atoms with E-state index in [1.165, 1.54) is 6.26 Å². The van der Waals surface area contributed by atoms with E-state index < -0.39 is 11.8 Å². The Morgan fingerprint density at radius 2 is 1.94 bits per heavy atom. The highest BCUT2D eigenvalue weighted by Gasteiger charge is 2.19. The number of benzene rings is 2. The Hall–Kier alpha value is -4.28. The predicted octanol–water partition coefficient (Wildman–Crippen LogP) is 4.14. The van der Waals surface area contributed by atoms with E-state index in [0.29, 0.717) is 33.4 Å². The quantitative estimate of drug-likeness (QED) is 0.437. The summed E-state index contributed by atoms with van der Waals surface area (Å²) in [5.41, 5.74) is 2.54. The first-order valence-electron chi connectivity index (χ1n) is 9.58. The molecule has 0 atom stereocenters. The number of rotatable bonds is 6. The molecule has 0 aliphatic carbocycles. The molecule has 0 unspecified atom stereocenters. The lowest BCUT2D eigenvalue weighted by atomic mass is 10.2. The minimum Gasteiger partial charge on any atom is -0.463 e. The second-order valence-corrected chi connectivity index (χ2v) is 7.18. The van der Waals surface area contributed by atoms with Gasteiger partial charge in [0, 0.05) is 22.3 Å². The van der Waals surface area contributed by atoms with Crippen molar-refractivity contribution in [2.45, 2.75) is 0 Å². The van der Waals surface area contributed by atoms with E-state index >= 15 is 0 Å². The predicted molar refractivity (Wildman–Crippen MR) is 122 cm³/mol. The smallest absolute Gasteiger partial charge is 0.272 e. The maximum Gasteiger partial charge on any atom is 0.272 e. The number of halogens is 1. The van der Waals surface area contributed by atoms with Crippen LogP contribution in [0.15, 0.2) is 77.4 Å². The van der Waals surface area contributed by atoms with Gasteiger partial charge in [-0.1, -0.05) is 29.7 Å². The topological polar surface area (TPSA) is 89.2 Å². The molecule has 0 bridgehead atoms. The lowest BCUT2D eigenvalue weighted by molar-refractivity contribution is -0.115. The molecule has 0 spiro atoms. The van der Waals surface area contributed by atoms with Crippen LogP contribution in [0.1, 0.15) is 16.1 Å². The van der Waals surface area contributed by atoms with Crippen molar-refractivity contribution in [2.75, 3.05) is 11.9 Å². The zero-order valence-corrected chi connectivity index (χ0v) is 17.5. The largest absolute Gasteiger partial charge is 0.463 e. The van der Waals surface area contributed by atoms with Gasteiger partial charge >= 0.3 is 0 Å². The summed E-state index contributed by atoms with van der Waals surface area (Å²) in [6, 6.07) is 19.0. The van der Waals surface area contributed by atoms with Gasteiger partial charge in [-0.15, -0.1) is 6.42 Å². The average Bonchev–Trinajstić information content (AvgIpc) is 3.47. The van der Waals surface area contributed by atoms with E-state index in [4.69, 9.17) is 22.4 Å². The molecule has 2 N–H and O–H groups in total. The van der Waals surface area contributed by atoms with Gasteiger partial charge in [0.25, 0.3) is 5.91 Å². The number of carbonyl (C=O) groups is 2. The Morgan fingerprint density at radius 3 is 2.69 bits per heavy atom. The SMILES string of the molecule is C#Cc1cccc(NC(=O)CNC(=O)c2cc(-c3ccco3)n(-c3cccc(Cl)c3)n2)c1. The van der Waals surface area contributed by atoms with Crippen LogP contribution >= 0.6 is 11.6 Å². The molecule has 32 heavy (non-hydrogen) atoms. The summed E-state index contributed by atoms with van der Waals surface area (Å²) in [4.78, 5) is 24.9. The summed E-state index contributed by atoms with van der Waals surface area (Å²) in [5, 5.41) is 10.2. The molecule has 8 heteroatoms. The van der Waals surface area contributed by atoms with Crippen LogP contribution in [0.25, 0.3) is 17.1 Å². The molecule has 158 valence electrons. The van der Waals surface area contributed by atoms with Crippen LogP contribution in [0.4, 0.5) is 5.69 Å². The molecule has 2 amide bonds. The molecular weight excluding hydrogens is 428 g/mol. The molecule has 0 aliphatic rings. The molecule has 0 saturated heterocycles. The Balaban J connectivity index is 1.50. The van der Waals surface area contributed by atoms with Crippen molar-refractivity contribution < 1.29 is 14.0 Å². The number of furan rings is 1. The average molecular weight is 445 g/mol. The van der Waals surface area contributed by atoms with Crippen molar-refractivity contribution in [3.63, 3.8) is 0 Å². The third kappa shape index (κ3) is 4.72. The lowest BCUT2D eigenvalue weighted by Crippen LogP contribution is -2.33. The van der Waals surface area contributed by atoms with Crippen LogP contribution in [0.5, 0.6) is 0 Å². The fraction of sp³-hybridized carbons (Fsp3) is 0.0417. The van der Waals surface area contributed by atoms with Gasteiger partial charge < -0.3 is 15.1 Å². The van der Waals surface area contributed by atoms with Crippen LogP contribution in [-0.2, 0) is 4.79 Å². The molecule has 7 nitrogen and oxygen atoms in total. The molecule has 0 saturated carbocycles. The van der Waals surface area contributed by atoms with Gasteiger partial charge in [-0.3, -0.25) is 9.59 Å². The third-order valence-electron chi connectivity index (χ3n) is 4.49. The van der Waals surface area contributed by atoms with Gasteiger partial charge in [-0.25, -0.2) is 4.68 Å². The number of hydrogen-bond donors (Lipinski definition) is 2. The summed E-state index contributed by atoms with van der Waals surface area (Å²) in [6.07, 6.45) is 6.90. The van der Waals surface area contributed by atoms with E-state index in [2.05, 4.69) is 21.7 Å². The van der Waals surface area contributed by atoms with Gasteiger partial charge in [-0.2, -0.15) is 5.10 Å². The first-order valence-corrected chi connectivity index (χ1v) is 9.96. The second kappa shape index (κ2) is 9.25. The zero-order valence-electron chi connectivity index (χ0n) is 16.7. The molecule has 2 aromatic carbocycles. The van der Waals surface area contributed by atoms with Crippen molar-refractivity contribution in [1.82, 2.24) is 15.1 Å². The van der Waals surface area contributed by atoms with E-state index in [1.807, 2.05) is 6.07 Å². The number of terminal acetylenes is 1. The number of nitrogens with zero attached hydrogens (tertiary/aromatic N) is 2. The minimum atomic E-state index is -0.508. The maximum atomic E-state index is 12.7. The number of hydrogen-bond acceptors (Lipinski definition) is 4.